The predicted molar refractivity (Wildman–Crippen MR) is 78.9 cm³/mol. The number of benzene rings is 2. The van der Waals surface area contributed by atoms with E-state index in [4.69, 9.17) is 0 Å². The quantitative estimate of drug-likeness (QED) is 0.898. The van der Waals surface area contributed by atoms with E-state index in [9.17, 15) is 9.90 Å². The van der Waals surface area contributed by atoms with Crippen molar-refractivity contribution in [2.45, 2.75) is 24.8 Å². The second kappa shape index (κ2) is 5.00. The molecule has 3 rings (SSSR count). The highest BCUT2D eigenvalue weighted by Gasteiger charge is 2.41. The Labute approximate surface area is 118 Å². The molecule has 0 aromatic heterocycles. The fourth-order valence-corrected chi connectivity index (χ4v) is 2.88. The van der Waals surface area contributed by atoms with Crippen molar-refractivity contribution in [1.82, 2.24) is 0 Å². The molecule has 1 aliphatic carbocycles. The SMILES string of the molecule is O=C(O)C1(Nc2ccccc2)CCc2ccccc2C1. The zero-order valence-electron chi connectivity index (χ0n) is 11.2. The summed E-state index contributed by atoms with van der Waals surface area (Å²) in [5.74, 6) is -0.782. The highest BCUT2D eigenvalue weighted by molar-refractivity contribution is 5.84. The first-order chi connectivity index (χ1) is 9.70. The molecule has 3 nitrogen and oxygen atoms in total. The minimum absolute atomic E-state index is 0.521. The van der Waals surface area contributed by atoms with Crippen LogP contribution < -0.4 is 5.32 Å². The van der Waals surface area contributed by atoms with E-state index in [-0.39, 0.29) is 0 Å². The summed E-state index contributed by atoms with van der Waals surface area (Å²) in [5.41, 5.74) is 2.34. The largest absolute Gasteiger partial charge is 0.479 e. The van der Waals surface area contributed by atoms with Gasteiger partial charge in [-0.15, -0.1) is 0 Å². The van der Waals surface area contributed by atoms with E-state index >= 15 is 0 Å². The Morgan fingerprint density at radius 3 is 2.35 bits per heavy atom. The predicted octanol–water partition coefficient (Wildman–Crippen LogP) is 3.11. The van der Waals surface area contributed by atoms with E-state index < -0.39 is 11.5 Å². The first kappa shape index (κ1) is 12.7. The van der Waals surface area contributed by atoms with Gasteiger partial charge in [-0.3, -0.25) is 0 Å². The Balaban J connectivity index is 1.93. The number of nitrogens with one attached hydrogen (secondary N) is 1. The zero-order chi connectivity index (χ0) is 14.0. The summed E-state index contributed by atoms with van der Waals surface area (Å²) in [4.78, 5) is 11.8. The molecule has 0 amide bonds. The van der Waals surface area contributed by atoms with Crippen molar-refractivity contribution in [2.24, 2.45) is 0 Å². The van der Waals surface area contributed by atoms with Crippen molar-refractivity contribution in [3.8, 4) is 0 Å². The van der Waals surface area contributed by atoms with Crippen molar-refractivity contribution in [2.75, 3.05) is 5.32 Å². The number of carbonyl (C=O) groups is 1. The van der Waals surface area contributed by atoms with Gasteiger partial charge in [-0.2, -0.15) is 0 Å². The molecule has 102 valence electrons. The molecule has 0 bridgehead atoms. The summed E-state index contributed by atoms with van der Waals surface area (Å²) in [7, 11) is 0. The number of carboxylic acid groups (broad SMARTS) is 1. The van der Waals surface area contributed by atoms with Crippen molar-refractivity contribution in [1.29, 1.82) is 0 Å². The average molecular weight is 267 g/mol. The van der Waals surface area contributed by atoms with Crippen LogP contribution in [0.4, 0.5) is 5.69 Å². The lowest BCUT2D eigenvalue weighted by Gasteiger charge is -2.36. The van der Waals surface area contributed by atoms with E-state index in [0.29, 0.717) is 12.8 Å². The molecule has 3 heteroatoms. The summed E-state index contributed by atoms with van der Waals surface area (Å²) < 4.78 is 0. The van der Waals surface area contributed by atoms with E-state index in [2.05, 4.69) is 11.4 Å². The molecule has 0 heterocycles. The van der Waals surface area contributed by atoms with Gasteiger partial charge in [-0.1, -0.05) is 42.5 Å². The second-order valence-corrected chi connectivity index (χ2v) is 5.32. The number of hydrogen-bond donors (Lipinski definition) is 2. The highest BCUT2D eigenvalue weighted by atomic mass is 16.4. The lowest BCUT2D eigenvalue weighted by atomic mass is 9.77. The molecule has 2 aromatic rings. The third kappa shape index (κ3) is 2.27. The van der Waals surface area contributed by atoms with Gasteiger partial charge in [0.25, 0.3) is 0 Å². The van der Waals surface area contributed by atoms with E-state index in [1.54, 1.807) is 0 Å². The molecular formula is C17H17NO2. The summed E-state index contributed by atoms with van der Waals surface area (Å²) in [6.07, 6.45) is 1.92. The average Bonchev–Trinajstić information content (AvgIpc) is 2.48. The van der Waals surface area contributed by atoms with Gasteiger partial charge in [-0.05, 0) is 36.1 Å². The summed E-state index contributed by atoms with van der Waals surface area (Å²) >= 11 is 0. The Kier molecular flexibility index (Phi) is 3.18. The molecule has 0 spiro atoms. The van der Waals surface area contributed by atoms with Gasteiger partial charge >= 0.3 is 5.97 Å². The van der Waals surface area contributed by atoms with Crippen LogP contribution in [-0.2, 0) is 17.6 Å². The van der Waals surface area contributed by atoms with Gasteiger partial charge < -0.3 is 10.4 Å². The van der Waals surface area contributed by atoms with Gasteiger partial charge in [0.1, 0.15) is 5.54 Å². The van der Waals surface area contributed by atoms with Crippen LogP contribution in [0.2, 0.25) is 0 Å². The molecule has 0 radical (unpaired) electrons. The van der Waals surface area contributed by atoms with E-state index in [1.165, 1.54) is 5.56 Å². The molecule has 1 atom stereocenters. The molecule has 2 N–H and O–H groups in total. The zero-order valence-corrected chi connectivity index (χ0v) is 11.2. The van der Waals surface area contributed by atoms with Gasteiger partial charge in [0.05, 0.1) is 0 Å². The number of para-hydroxylation sites is 1. The summed E-state index contributed by atoms with van der Waals surface area (Å²) in [5, 5.41) is 12.9. The third-order valence-corrected chi connectivity index (χ3v) is 4.00. The molecule has 0 saturated heterocycles. The van der Waals surface area contributed by atoms with Crippen molar-refractivity contribution >= 4 is 11.7 Å². The second-order valence-electron chi connectivity index (χ2n) is 5.32. The van der Waals surface area contributed by atoms with Crippen LogP contribution in [0.5, 0.6) is 0 Å². The Morgan fingerprint density at radius 1 is 1.00 bits per heavy atom. The Hall–Kier alpha value is -2.29. The third-order valence-electron chi connectivity index (χ3n) is 4.00. The minimum atomic E-state index is -0.907. The van der Waals surface area contributed by atoms with Crippen LogP contribution >= 0.6 is 0 Å². The minimum Gasteiger partial charge on any atom is -0.479 e. The molecule has 2 aromatic carbocycles. The smallest absolute Gasteiger partial charge is 0.329 e. The summed E-state index contributed by atoms with van der Waals surface area (Å²) in [6, 6.07) is 17.7. The maximum absolute atomic E-state index is 11.8. The van der Waals surface area contributed by atoms with Crippen LogP contribution in [0.1, 0.15) is 17.5 Å². The highest BCUT2D eigenvalue weighted by Crippen LogP contribution is 2.32. The molecule has 0 aliphatic heterocycles. The number of aliphatic carboxylic acids is 1. The van der Waals surface area contributed by atoms with Gasteiger partial charge in [0.2, 0.25) is 0 Å². The van der Waals surface area contributed by atoms with E-state index in [1.807, 2.05) is 48.5 Å². The normalized spacial score (nSPS) is 21.0. The van der Waals surface area contributed by atoms with Crippen LogP contribution in [0, 0.1) is 0 Å². The fraction of sp³-hybridized carbons (Fsp3) is 0.235. The number of aryl methyl sites for hydroxylation is 1. The van der Waals surface area contributed by atoms with Crippen LogP contribution in [-0.4, -0.2) is 16.6 Å². The lowest BCUT2D eigenvalue weighted by molar-refractivity contribution is -0.142. The number of anilines is 1. The van der Waals surface area contributed by atoms with Crippen molar-refractivity contribution in [3.63, 3.8) is 0 Å². The van der Waals surface area contributed by atoms with Crippen molar-refractivity contribution in [3.05, 3.63) is 65.7 Å². The maximum Gasteiger partial charge on any atom is 0.329 e. The Morgan fingerprint density at radius 2 is 1.65 bits per heavy atom. The van der Waals surface area contributed by atoms with Crippen molar-refractivity contribution < 1.29 is 9.90 Å². The Bertz CT molecular complexity index is 624. The maximum atomic E-state index is 11.8. The standard InChI is InChI=1S/C17H17NO2/c19-16(20)17(18-15-8-2-1-3-9-15)11-10-13-6-4-5-7-14(13)12-17/h1-9,18H,10-12H2,(H,19,20). The number of rotatable bonds is 3. The molecule has 1 aliphatic rings. The molecule has 1 unspecified atom stereocenters. The van der Waals surface area contributed by atoms with Gasteiger partial charge in [0, 0.05) is 12.1 Å². The number of carboxylic acids is 1. The van der Waals surface area contributed by atoms with Crippen LogP contribution in [0.25, 0.3) is 0 Å². The molecule has 0 fully saturated rings. The monoisotopic (exact) mass is 267 g/mol. The molecular weight excluding hydrogens is 250 g/mol. The first-order valence-electron chi connectivity index (χ1n) is 6.83. The van der Waals surface area contributed by atoms with Gasteiger partial charge in [-0.25, -0.2) is 4.79 Å². The van der Waals surface area contributed by atoms with Gasteiger partial charge in [0.15, 0.2) is 0 Å². The molecule has 20 heavy (non-hydrogen) atoms. The first-order valence-corrected chi connectivity index (χ1v) is 6.83. The number of hydrogen-bond acceptors (Lipinski definition) is 2. The topological polar surface area (TPSA) is 49.3 Å². The van der Waals surface area contributed by atoms with E-state index in [0.717, 1.165) is 17.7 Å². The van der Waals surface area contributed by atoms with Crippen LogP contribution in [0.3, 0.4) is 0 Å². The van der Waals surface area contributed by atoms with Crippen LogP contribution in [0.15, 0.2) is 54.6 Å². The summed E-state index contributed by atoms with van der Waals surface area (Å²) in [6.45, 7) is 0. The lowest BCUT2D eigenvalue weighted by Crippen LogP contribution is -2.50. The number of fused-ring (bicyclic) bond motifs is 1. The molecule has 0 saturated carbocycles. The fourth-order valence-electron chi connectivity index (χ4n) is 2.88.